The van der Waals surface area contributed by atoms with Gasteiger partial charge < -0.3 is 9.47 Å². The molecule has 1 fully saturated rings. The number of imide groups is 2. The Bertz CT molecular complexity index is 1370. The predicted octanol–water partition coefficient (Wildman–Crippen LogP) is 6.03. The molecule has 0 spiro atoms. The number of carbonyl (C=O) groups is 3. The fourth-order valence-corrected chi connectivity index (χ4v) is 4.61. The Morgan fingerprint density at radius 1 is 1.00 bits per heavy atom. The van der Waals surface area contributed by atoms with Gasteiger partial charge in [-0.2, -0.15) is 0 Å². The van der Waals surface area contributed by atoms with Crippen molar-refractivity contribution < 1.29 is 23.9 Å². The van der Waals surface area contributed by atoms with Gasteiger partial charge in [0.05, 0.1) is 17.3 Å². The largest absolute Gasteiger partial charge is 0.493 e. The Hall–Kier alpha value is -3.43. The van der Waals surface area contributed by atoms with Gasteiger partial charge in [-0.1, -0.05) is 53.2 Å². The third kappa shape index (κ3) is 5.37. The van der Waals surface area contributed by atoms with Crippen molar-refractivity contribution in [2.75, 3.05) is 12.0 Å². The van der Waals surface area contributed by atoms with Crippen LogP contribution in [0.3, 0.4) is 0 Å². The number of benzene rings is 3. The van der Waals surface area contributed by atoms with E-state index in [-0.39, 0.29) is 5.57 Å². The van der Waals surface area contributed by atoms with Crippen LogP contribution in [-0.2, 0) is 22.6 Å². The van der Waals surface area contributed by atoms with Crippen molar-refractivity contribution in [2.24, 2.45) is 0 Å². The Kier molecular flexibility index (Phi) is 7.91. The number of nitrogens with one attached hydrogen (secondary N) is 1. The summed E-state index contributed by atoms with van der Waals surface area (Å²) in [5.41, 5.74) is 2.58. The maximum Gasteiger partial charge on any atom is 0.335 e. The molecule has 36 heavy (non-hydrogen) atoms. The molecule has 0 radical (unpaired) electrons. The number of ether oxygens (including phenoxy) is 2. The van der Waals surface area contributed by atoms with Gasteiger partial charge >= 0.3 is 6.03 Å². The summed E-state index contributed by atoms with van der Waals surface area (Å²) in [6.07, 6.45) is 2.05. The molecule has 0 aromatic heterocycles. The molecule has 9 heteroatoms. The molecule has 1 aliphatic heterocycles. The fourth-order valence-electron chi connectivity index (χ4n) is 3.77. The second kappa shape index (κ2) is 11.1. The van der Waals surface area contributed by atoms with Crippen LogP contribution in [0, 0.1) is 0 Å². The summed E-state index contributed by atoms with van der Waals surface area (Å²) in [6, 6.07) is 17.4. The van der Waals surface area contributed by atoms with Gasteiger partial charge in [0.1, 0.15) is 12.2 Å². The van der Waals surface area contributed by atoms with Gasteiger partial charge in [-0.3, -0.25) is 14.9 Å². The average Bonchev–Trinajstić information content (AvgIpc) is 2.86. The van der Waals surface area contributed by atoms with Crippen LogP contribution in [0.25, 0.3) is 6.08 Å². The van der Waals surface area contributed by atoms with Crippen LogP contribution in [0.2, 0.25) is 0 Å². The Morgan fingerprint density at radius 3 is 2.42 bits per heavy atom. The minimum atomic E-state index is -0.779. The third-order valence-electron chi connectivity index (χ3n) is 5.57. The minimum absolute atomic E-state index is 0.169. The van der Waals surface area contributed by atoms with Gasteiger partial charge in [0.25, 0.3) is 11.8 Å². The number of barbiturate groups is 1. The van der Waals surface area contributed by atoms with Gasteiger partial charge in [-0.05, 0) is 75.4 Å². The highest BCUT2D eigenvalue weighted by Crippen LogP contribution is 2.38. The zero-order chi connectivity index (χ0) is 25.8. The number of aryl methyl sites for hydroxylation is 1. The first kappa shape index (κ1) is 25.7. The number of hydrogen-bond acceptors (Lipinski definition) is 5. The van der Waals surface area contributed by atoms with Crippen molar-refractivity contribution in [3.8, 4) is 11.5 Å². The van der Waals surface area contributed by atoms with E-state index in [9.17, 15) is 14.4 Å². The lowest BCUT2D eigenvalue weighted by atomic mass is 10.0. The Morgan fingerprint density at radius 2 is 1.72 bits per heavy atom. The molecule has 0 saturated carbocycles. The molecule has 1 N–H and O–H groups in total. The van der Waals surface area contributed by atoms with Crippen LogP contribution in [0.4, 0.5) is 10.5 Å². The van der Waals surface area contributed by atoms with Crippen LogP contribution >= 0.6 is 31.9 Å². The molecular formula is C27H22Br2N2O5. The van der Waals surface area contributed by atoms with Crippen LogP contribution in [-0.4, -0.2) is 25.0 Å². The first-order valence-electron chi connectivity index (χ1n) is 11.1. The van der Waals surface area contributed by atoms with E-state index in [0.717, 1.165) is 20.5 Å². The summed E-state index contributed by atoms with van der Waals surface area (Å²) in [7, 11) is 1.51. The molecule has 1 heterocycles. The lowest BCUT2D eigenvalue weighted by Gasteiger charge is -2.28. The van der Waals surface area contributed by atoms with Crippen molar-refractivity contribution in [3.05, 3.63) is 91.9 Å². The molecule has 0 unspecified atom stereocenters. The summed E-state index contributed by atoms with van der Waals surface area (Å²) in [5.74, 6) is -0.562. The van der Waals surface area contributed by atoms with Crippen molar-refractivity contribution >= 4 is 61.5 Å². The quantitative estimate of drug-likeness (QED) is 0.260. The van der Waals surface area contributed by atoms with Crippen molar-refractivity contribution in [3.63, 3.8) is 0 Å². The van der Waals surface area contributed by atoms with E-state index in [1.165, 1.54) is 13.2 Å². The number of methoxy groups -OCH3 is 1. The fraction of sp³-hybridized carbons (Fsp3) is 0.148. The lowest BCUT2D eigenvalue weighted by Crippen LogP contribution is -2.54. The smallest absolute Gasteiger partial charge is 0.335 e. The standard InChI is InChI=1S/C27H22Br2N2O5/c1-3-18-6-4-5-7-22(18)31-26(33)20(25(32)30-27(31)34)12-17-13-21(29)24(23(14-17)35-2)36-15-16-8-10-19(28)11-9-16/h4-14H,3,15H2,1-2H3,(H,30,32,34)/b20-12-. The number of para-hydroxylation sites is 1. The summed E-state index contributed by atoms with van der Waals surface area (Å²) in [4.78, 5) is 39.5. The first-order valence-corrected chi connectivity index (χ1v) is 12.6. The van der Waals surface area contributed by atoms with E-state index in [4.69, 9.17) is 9.47 Å². The van der Waals surface area contributed by atoms with Crippen molar-refractivity contribution in [1.29, 1.82) is 0 Å². The maximum atomic E-state index is 13.3. The molecule has 1 saturated heterocycles. The number of halogens is 2. The number of urea groups is 1. The van der Waals surface area contributed by atoms with Crippen molar-refractivity contribution in [1.82, 2.24) is 5.32 Å². The topological polar surface area (TPSA) is 84.9 Å². The lowest BCUT2D eigenvalue weighted by molar-refractivity contribution is -0.122. The highest BCUT2D eigenvalue weighted by Gasteiger charge is 2.37. The average molecular weight is 614 g/mol. The number of carbonyl (C=O) groups excluding carboxylic acids is 3. The first-order chi connectivity index (χ1) is 17.3. The highest BCUT2D eigenvalue weighted by molar-refractivity contribution is 9.10. The van der Waals surface area contributed by atoms with E-state index in [1.807, 2.05) is 43.3 Å². The molecule has 4 amide bonds. The number of hydrogen-bond donors (Lipinski definition) is 1. The zero-order valence-corrected chi connectivity index (χ0v) is 22.7. The van der Waals surface area contributed by atoms with E-state index in [0.29, 0.717) is 40.3 Å². The Labute approximate surface area is 225 Å². The van der Waals surface area contributed by atoms with E-state index in [1.54, 1.807) is 24.3 Å². The van der Waals surface area contributed by atoms with E-state index >= 15 is 0 Å². The monoisotopic (exact) mass is 612 g/mol. The number of rotatable bonds is 7. The van der Waals surface area contributed by atoms with Gasteiger partial charge in [-0.25, -0.2) is 9.69 Å². The second-order valence-electron chi connectivity index (χ2n) is 7.89. The van der Waals surface area contributed by atoms with Gasteiger partial charge in [0.15, 0.2) is 11.5 Å². The molecule has 1 aliphatic rings. The normalized spacial score (nSPS) is 14.7. The van der Waals surface area contributed by atoms with E-state index in [2.05, 4.69) is 37.2 Å². The summed E-state index contributed by atoms with van der Waals surface area (Å²) in [6.45, 7) is 2.24. The van der Waals surface area contributed by atoms with Crippen LogP contribution < -0.4 is 19.7 Å². The third-order valence-corrected chi connectivity index (χ3v) is 6.69. The molecule has 4 rings (SSSR count). The maximum absolute atomic E-state index is 13.3. The summed E-state index contributed by atoms with van der Waals surface area (Å²) >= 11 is 6.92. The number of anilines is 1. The Balaban J connectivity index is 1.65. The molecule has 3 aromatic carbocycles. The predicted molar refractivity (Wildman–Crippen MR) is 144 cm³/mol. The molecule has 0 bridgehead atoms. The number of nitrogens with zero attached hydrogens (tertiary/aromatic N) is 1. The van der Waals surface area contributed by atoms with Crippen LogP contribution in [0.1, 0.15) is 23.6 Å². The van der Waals surface area contributed by atoms with Gasteiger partial charge in [-0.15, -0.1) is 0 Å². The molecule has 3 aromatic rings. The minimum Gasteiger partial charge on any atom is -0.493 e. The van der Waals surface area contributed by atoms with Crippen LogP contribution in [0.15, 0.2) is 75.2 Å². The van der Waals surface area contributed by atoms with Gasteiger partial charge in [0, 0.05) is 4.47 Å². The SMILES string of the molecule is CCc1ccccc1N1C(=O)NC(=O)/C(=C/c2cc(Br)c(OCc3ccc(Br)cc3)c(OC)c2)C1=O. The zero-order valence-electron chi connectivity index (χ0n) is 19.5. The van der Waals surface area contributed by atoms with Crippen molar-refractivity contribution in [2.45, 2.75) is 20.0 Å². The molecule has 0 atom stereocenters. The highest BCUT2D eigenvalue weighted by atomic mass is 79.9. The molecule has 7 nitrogen and oxygen atoms in total. The molecule has 0 aliphatic carbocycles. The molecule has 184 valence electrons. The number of amides is 4. The van der Waals surface area contributed by atoms with E-state index < -0.39 is 17.8 Å². The van der Waals surface area contributed by atoms with Crippen LogP contribution in [0.5, 0.6) is 11.5 Å². The second-order valence-corrected chi connectivity index (χ2v) is 9.66. The molecular weight excluding hydrogens is 592 g/mol. The van der Waals surface area contributed by atoms with Gasteiger partial charge in [0.2, 0.25) is 0 Å². The summed E-state index contributed by atoms with van der Waals surface area (Å²) < 4.78 is 13.0. The summed E-state index contributed by atoms with van der Waals surface area (Å²) in [5, 5.41) is 2.26.